The van der Waals surface area contributed by atoms with Crippen molar-refractivity contribution < 1.29 is 0 Å². The van der Waals surface area contributed by atoms with Crippen molar-refractivity contribution in [2.75, 3.05) is 0 Å². The molecule has 0 amide bonds. The van der Waals surface area contributed by atoms with E-state index in [1.165, 1.54) is 57.8 Å². The molecule has 170 valence electrons. The lowest BCUT2D eigenvalue weighted by Crippen LogP contribution is -2.48. The average Bonchev–Trinajstić information content (AvgIpc) is 3.04. The molecule has 0 heterocycles. The van der Waals surface area contributed by atoms with Crippen LogP contribution in [0.2, 0.25) is 0 Å². The van der Waals surface area contributed by atoms with Gasteiger partial charge in [-0.2, -0.15) is 0 Å². The fraction of sp³-hybridized carbons (Fsp3) is 1.00. The molecule has 9 unspecified atom stereocenters. The Morgan fingerprint density at radius 3 is 2.31 bits per heavy atom. The lowest BCUT2D eigenvalue weighted by atomic mass is 9.48. The molecule has 0 aliphatic heterocycles. The van der Waals surface area contributed by atoms with Crippen LogP contribution in [0.4, 0.5) is 0 Å². The zero-order valence-electron chi connectivity index (χ0n) is 21.2. The molecule has 3 saturated carbocycles. The van der Waals surface area contributed by atoms with Gasteiger partial charge in [-0.3, -0.25) is 0 Å². The maximum absolute atomic E-state index is 2.74. The molecule has 3 rings (SSSR count). The maximum atomic E-state index is 2.74. The molecular weight excluding hydrogens is 348 g/mol. The second-order valence-corrected chi connectivity index (χ2v) is 12.8. The van der Waals surface area contributed by atoms with E-state index in [0.29, 0.717) is 5.41 Å². The first-order valence-electron chi connectivity index (χ1n) is 13.8. The number of hydrogen-bond acceptors (Lipinski definition) is 0. The molecule has 0 N–H and O–H groups in total. The van der Waals surface area contributed by atoms with Crippen LogP contribution in [0.15, 0.2) is 0 Å². The summed E-state index contributed by atoms with van der Waals surface area (Å²) in [5.41, 5.74) is 0.659. The van der Waals surface area contributed by atoms with Crippen LogP contribution in [0, 0.1) is 58.7 Å². The molecule has 0 aromatic carbocycles. The molecule has 9 atom stereocenters. The third kappa shape index (κ3) is 5.09. The first-order chi connectivity index (χ1) is 13.8. The molecule has 0 heteroatoms. The first-order valence-corrected chi connectivity index (χ1v) is 13.8. The SMILES string of the molecule is CCCC1C(C2CCC(C(C)CCCC(C)C)C2C)CCC2CC(C)CCC21C. The van der Waals surface area contributed by atoms with E-state index >= 15 is 0 Å². The number of rotatable bonds is 8. The van der Waals surface area contributed by atoms with Crippen molar-refractivity contribution in [3.8, 4) is 0 Å². The van der Waals surface area contributed by atoms with Gasteiger partial charge >= 0.3 is 0 Å². The van der Waals surface area contributed by atoms with Crippen LogP contribution in [0.5, 0.6) is 0 Å². The molecule has 0 bridgehead atoms. The normalized spacial score (nSPS) is 44.1. The molecule has 3 aliphatic rings. The summed E-state index contributed by atoms with van der Waals surface area (Å²) in [4.78, 5) is 0. The van der Waals surface area contributed by atoms with Gasteiger partial charge in [0.1, 0.15) is 0 Å². The zero-order valence-corrected chi connectivity index (χ0v) is 21.2. The maximum Gasteiger partial charge on any atom is -0.0266 e. The second kappa shape index (κ2) is 10.1. The Labute approximate surface area is 184 Å². The Hall–Kier alpha value is 0. The molecule has 29 heavy (non-hydrogen) atoms. The predicted molar refractivity (Wildman–Crippen MR) is 129 cm³/mol. The van der Waals surface area contributed by atoms with Gasteiger partial charge in [-0.1, -0.05) is 80.6 Å². The van der Waals surface area contributed by atoms with Crippen molar-refractivity contribution in [2.45, 2.75) is 126 Å². The predicted octanol–water partition coefficient (Wildman–Crippen LogP) is 9.38. The minimum absolute atomic E-state index is 0.659. The van der Waals surface area contributed by atoms with Crippen LogP contribution in [-0.4, -0.2) is 0 Å². The van der Waals surface area contributed by atoms with E-state index in [1.54, 1.807) is 19.3 Å². The Morgan fingerprint density at radius 1 is 0.897 bits per heavy atom. The summed E-state index contributed by atoms with van der Waals surface area (Å²) in [6.45, 7) is 17.7. The highest BCUT2D eigenvalue weighted by Crippen LogP contribution is 2.61. The molecule has 0 radical (unpaired) electrons. The van der Waals surface area contributed by atoms with Gasteiger partial charge < -0.3 is 0 Å². The summed E-state index contributed by atoms with van der Waals surface area (Å²) in [6.07, 6.45) is 18.0. The summed E-state index contributed by atoms with van der Waals surface area (Å²) >= 11 is 0. The summed E-state index contributed by atoms with van der Waals surface area (Å²) in [7, 11) is 0. The summed E-state index contributed by atoms with van der Waals surface area (Å²) in [6, 6.07) is 0. The average molecular weight is 403 g/mol. The van der Waals surface area contributed by atoms with Crippen LogP contribution in [-0.2, 0) is 0 Å². The Bertz CT molecular complexity index is 492. The molecule has 0 nitrogen and oxygen atoms in total. The summed E-state index contributed by atoms with van der Waals surface area (Å²) < 4.78 is 0. The Kier molecular flexibility index (Phi) is 8.22. The van der Waals surface area contributed by atoms with E-state index in [-0.39, 0.29) is 0 Å². The van der Waals surface area contributed by atoms with Gasteiger partial charge in [0, 0.05) is 0 Å². The second-order valence-electron chi connectivity index (χ2n) is 12.8. The lowest BCUT2D eigenvalue weighted by molar-refractivity contribution is -0.0737. The molecule has 3 aliphatic carbocycles. The molecule has 3 fully saturated rings. The molecular formula is C29H54. The fourth-order valence-corrected chi connectivity index (χ4v) is 8.72. The van der Waals surface area contributed by atoms with Gasteiger partial charge in [-0.25, -0.2) is 0 Å². The Balaban J connectivity index is 1.67. The summed E-state index contributed by atoms with van der Waals surface area (Å²) in [5.74, 6) is 8.88. The third-order valence-corrected chi connectivity index (χ3v) is 10.5. The molecule has 0 aromatic rings. The van der Waals surface area contributed by atoms with Crippen LogP contribution in [0.25, 0.3) is 0 Å². The van der Waals surface area contributed by atoms with Crippen molar-refractivity contribution in [2.24, 2.45) is 58.7 Å². The quantitative estimate of drug-likeness (QED) is 0.379. The van der Waals surface area contributed by atoms with E-state index in [1.807, 2.05) is 0 Å². The van der Waals surface area contributed by atoms with Crippen molar-refractivity contribution in [3.05, 3.63) is 0 Å². The van der Waals surface area contributed by atoms with Crippen molar-refractivity contribution in [1.29, 1.82) is 0 Å². The smallest absolute Gasteiger partial charge is 0.0266 e. The monoisotopic (exact) mass is 402 g/mol. The van der Waals surface area contributed by atoms with E-state index in [4.69, 9.17) is 0 Å². The van der Waals surface area contributed by atoms with Crippen molar-refractivity contribution >= 4 is 0 Å². The van der Waals surface area contributed by atoms with Gasteiger partial charge in [0.25, 0.3) is 0 Å². The fourth-order valence-electron chi connectivity index (χ4n) is 8.72. The van der Waals surface area contributed by atoms with E-state index in [0.717, 1.165) is 53.3 Å². The van der Waals surface area contributed by atoms with Gasteiger partial charge in [0.05, 0.1) is 0 Å². The molecule has 0 spiro atoms. The van der Waals surface area contributed by atoms with Crippen LogP contribution >= 0.6 is 0 Å². The molecule has 0 aromatic heterocycles. The van der Waals surface area contributed by atoms with E-state index in [9.17, 15) is 0 Å². The minimum atomic E-state index is 0.659. The zero-order chi connectivity index (χ0) is 21.2. The lowest BCUT2D eigenvalue weighted by Gasteiger charge is -2.57. The minimum Gasteiger partial charge on any atom is -0.0654 e. The highest BCUT2D eigenvalue weighted by Gasteiger charge is 2.53. The van der Waals surface area contributed by atoms with Crippen LogP contribution in [0.1, 0.15) is 126 Å². The highest BCUT2D eigenvalue weighted by molar-refractivity contribution is 5.02. The van der Waals surface area contributed by atoms with E-state index in [2.05, 4.69) is 48.5 Å². The standard InChI is InChI=1S/C29H54/c1-8-10-28-27(14-13-24-19-21(4)17-18-29(24,28)7)26-16-15-25(23(26)6)22(5)12-9-11-20(2)3/h20-28H,8-19H2,1-7H3. The first kappa shape index (κ1) is 23.7. The van der Waals surface area contributed by atoms with Crippen molar-refractivity contribution in [3.63, 3.8) is 0 Å². The topological polar surface area (TPSA) is 0 Å². The third-order valence-electron chi connectivity index (χ3n) is 10.5. The van der Waals surface area contributed by atoms with Gasteiger partial charge in [-0.05, 0) is 104 Å². The largest absolute Gasteiger partial charge is 0.0654 e. The van der Waals surface area contributed by atoms with Crippen LogP contribution in [0.3, 0.4) is 0 Å². The van der Waals surface area contributed by atoms with Gasteiger partial charge in [0.2, 0.25) is 0 Å². The number of fused-ring (bicyclic) bond motifs is 1. The van der Waals surface area contributed by atoms with Crippen LogP contribution < -0.4 is 0 Å². The Morgan fingerprint density at radius 2 is 1.62 bits per heavy atom. The van der Waals surface area contributed by atoms with Crippen molar-refractivity contribution in [1.82, 2.24) is 0 Å². The number of hydrogen-bond donors (Lipinski definition) is 0. The molecule has 0 saturated heterocycles. The van der Waals surface area contributed by atoms with Gasteiger partial charge in [0.15, 0.2) is 0 Å². The van der Waals surface area contributed by atoms with E-state index < -0.39 is 0 Å². The highest BCUT2D eigenvalue weighted by atomic mass is 14.6. The summed E-state index contributed by atoms with van der Waals surface area (Å²) in [5, 5.41) is 0. The van der Waals surface area contributed by atoms with Gasteiger partial charge in [-0.15, -0.1) is 0 Å².